The van der Waals surface area contributed by atoms with Gasteiger partial charge in [0, 0.05) is 42.5 Å². The Morgan fingerprint density at radius 2 is 2.37 bits per heavy atom. The van der Waals surface area contributed by atoms with Gasteiger partial charge in [-0.1, -0.05) is 0 Å². The van der Waals surface area contributed by atoms with E-state index >= 15 is 0 Å². The summed E-state index contributed by atoms with van der Waals surface area (Å²) in [6, 6.07) is 2.00. The van der Waals surface area contributed by atoms with E-state index in [1.165, 1.54) is 4.90 Å². The monoisotopic (exact) mass is 278 g/mol. The lowest BCUT2D eigenvalue weighted by atomic mass is 9.99. The van der Waals surface area contributed by atoms with Crippen LogP contribution in [0.25, 0.3) is 0 Å². The lowest BCUT2D eigenvalue weighted by Gasteiger charge is -2.31. The van der Waals surface area contributed by atoms with Crippen LogP contribution in [0.4, 0.5) is 5.69 Å². The Kier molecular flexibility index (Phi) is 4.03. The number of hydrogen-bond donors (Lipinski definition) is 0. The molecule has 1 amide bonds. The van der Waals surface area contributed by atoms with E-state index in [0.29, 0.717) is 6.61 Å². The van der Waals surface area contributed by atoms with Crippen LogP contribution < -0.4 is 4.90 Å². The molecule has 19 heavy (non-hydrogen) atoms. The molecule has 102 valence electrons. The number of ether oxygens (including phenoxy) is 1. The molecule has 3 rings (SSSR count). The molecule has 1 aromatic heterocycles. The van der Waals surface area contributed by atoms with Crippen molar-refractivity contribution in [1.82, 2.24) is 4.98 Å². The third-order valence-corrected chi connectivity index (χ3v) is 4.73. The maximum absolute atomic E-state index is 12.7. The molecule has 1 saturated heterocycles. The SMILES string of the molecule is O=C(C1CCCOCC1)N1CCSc2ccncc21. The molecule has 4 nitrogen and oxygen atoms in total. The van der Waals surface area contributed by atoms with Gasteiger partial charge in [0.15, 0.2) is 0 Å². The van der Waals surface area contributed by atoms with Gasteiger partial charge in [-0.05, 0) is 25.3 Å². The first-order chi connectivity index (χ1) is 9.36. The fourth-order valence-corrected chi connectivity index (χ4v) is 3.63. The van der Waals surface area contributed by atoms with Crippen LogP contribution in [0.1, 0.15) is 19.3 Å². The van der Waals surface area contributed by atoms with Gasteiger partial charge in [-0.3, -0.25) is 9.78 Å². The van der Waals surface area contributed by atoms with Crippen LogP contribution in [0, 0.1) is 5.92 Å². The molecule has 0 aromatic carbocycles. The fourth-order valence-electron chi connectivity index (χ4n) is 2.67. The van der Waals surface area contributed by atoms with Crippen molar-refractivity contribution in [2.24, 2.45) is 5.92 Å². The van der Waals surface area contributed by atoms with Crippen LogP contribution >= 0.6 is 11.8 Å². The first kappa shape index (κ1) is 12.9. The van der Waals surface area contributed by atoms with E-state index in [9.17, 15) is 4.79 Å². The van der Waals surface area contributed by atoms with Crippen molar-refractivity contribution >= 4 is 23.4 Å². The maximum atomic E-state index is 12.7. The van der Waals surface area contributed by atoms with Crippen LogP contribution in [0.2, 0.25) is 0 Å². The molecular formula is C14H18N2O2S. The lowest BCUT2D eigenvalue weighted by molar-refractivity contribution is -0.122. The highest BCUT2D eigenvalue weighted by molar-refractivity contribution is 7.99. The third-order valence-electron chi connectivity index (χ3n) is 3.69. The number of pyridine rings is 1. The zero-order valence-corrected chi connectivity index (χ0v) is 11.7. The number of amides is 1. The van der Waals surface area contributed by atoms with Crippen LogP contribution in [0.5, 0.6) is 0 Å². The second-order valence-corrected chi connectivity index (χ2v) is 6.06. The molecule has 0 spiro atoms. The van der Waals surface area contributed by atoms with E-state index < -0.39 is 0 Å². The molecule has 0 N–H and O–H groups in total. The molecule has 0 bridgehead atoms. The summed E-state index contributed by atoms with van der Waals surface area (Å²) < 4.78 is 5.44. The highest BCUT2D eigenvalue weighted by Crippen LogP contribution is 2.35. The maximum Gasteiger partial charge on any atom is 0.230 e. The summed E-state index contributed by atoms with van der Waals surface area (Å²) in [6.45, 7) is 2.29. The number of nitrogens with zero attached hydrogens (tertiary/aromatic N) is 2. The van der Waals surface area contributed by atoms with E-state index in [1.54, 1.807) is 18.0 Å². The predicted octanol–water partition coefficient (Wildman–Crippen LogP) is 2.34. The number of rotatable bonds is 1. The molecule has 1 unspecified atom stereocenters. The van der Waals surface area contributed by atoms with Gasteiger partial charge in [-0.15, -0.1) is 11.8 Å². The Hall–Kier alpha value is -1.07. The molecule has 3 heterocycles. The topological polar surface area (TPSA) is 42.4 Å². The zero-order valence-electron chi connectivity index (χ0n) is 10.9. The first-order valence-corrected chi connectivity index (χ1v) is 7.81. The van der Waals surface area contributed by atoms with E-state index in [2.05, 4.69) is 4.98 Å². The van der Waals surface area contributed by atoms with Gasteiger partial charge >= 0.3 is 0 Å². The molecular weight excluding hydrogens is 260 g/mol. The Morgan fingerprint density at radius 3 is 3.32 bits per heavy atom. The Morgan fingerprint density at radius 1 is 1.42 bits per heavy atom. The van der Waals surface area contributed by atoms with Crippen LogP contribution in [0.3, 0.4) is 0 Å². The number of carbonyl (C=O) groups excluding carboxylic acids is 1. The molecule has 1 atom stereocenters. The van der Waals surface area contributed by atoms with E-state index in [-0.39, 0.29) is 11.8 Å². The van der Waals surface area contributed by atoms with Gasteiger partial charge in [0.2, 0.25) is 5.91 Å². The average Bonchev–Trinajstić information content (AvgIpc) is 2.75. The zero-order chi connectivity index (χ0) is 13.1. The summed E-state index contributed by atoms with van der Waals surface area (Å²) in [4.78, 5) is 20.0. The molecule has 1 fully saturated rings. The summed E-state index contributed by atoms with van der Waals surface area (Å²) in [6.07, 6.45) is 6.38. The third kappa shape index (κ3) is 2.77. The van der Waals surface area contributed by atoms with Gasteiger partial charge in [0.25, 0.3) is 0 Å². The summed E-state index contributed by atoms with van der Waals surface area (Å²) in [5.74, 6) is 1.32. The lowest BCUT2D eigenvalue weighted by Crippen LogP contribution is -2.40. The molecule has 0 saturated carbocycles. The number of fused-ring (bicyclic) bond motifs is 1. The van der Waals surface area contributed by atoms with Gasteiger partial charge < -0.3 is 9.64 Å². The van der Waals surface area contributed by atoms with Crippen molar-refractivity contribution in [3.63, 3.8) is 0 Å². The molecule has 0 radical (unpaired) electrons. The minimum atomic E-state index is 0.110. The predicted molar refractivity (Wildman–Crippen MR) is 75.5 cm³/mol. The van der Waals surface area contributed by atoms with Crippen LogP contribution in [-0.2, 0) is 9.53 Å². The van der Waals surface area contributed by atoms with Gasteiger partial charge in [0.05, 0.1) is 11.9 Å². The van der Waals surface area contributed by atoms with Gasteiger partial charge in [-0.2, -0.15) is 0 Å². The van der Waals surface area contributed by atoms with Gasteiger partial charge in [-0.25, -0.2) is 0 Å². The molecule has 5 heteroatoms. The second-order valence-electron chi connectivity index (χ2n) is 4.92. The number of anilines is 1. The number of thioether (sulfide) groups is 1. The Balaban J connectivity index is 1.80. The van der Waals surface area contributed by atoms with Crippen molar-refractivity contribution in [3.8, 4) is 0 Å². The average molecular weight is 278 g/mol. The van der Waals surface area contributed by atoms with Crippen molar-refractivity contribution in [3.05, 3.63) is 18.5 Å². The van der Waals surface area contributed by atoms with Crippen LogP contribution in [0.15, 0.2) is 23.4 Å². The Bertz CT molecular complexity index is 459. The van der Waals surface area contributed by atoms with Crippen molar-refractivity contribution in [1.29, 1.82) is 0 Å². The smallest absolute Gasteiger partial charge is 0.230 e. The van der Waals surface area contributed by atoms with Crippen molar-refractivity contribution in [2.45, 2.75) is 24.2 Å². The summed E-state index contributed by atoms with van der Waals surface area (Å²) >= 11 is 1.80. The molecule has 0 aliphatic carbocycles. The minimum Gasteiger partial charge on any atom is -0.381 e. The number of hydrogen-bond acceptors (Lipinski definition) is 4. The summed E-state index contributed by atoms with van der Waals surface area (Å²) in [7, 11) is 0. The molecule has 2 aliphatic heterocycles. The largest absolute Gasteiger partial charge is 0.381 e. The fraction of sp³-hybridized carbons (Fsp3) is 0.571. The summed E-state index contributed by atoms with van der Waals surface area (Å²) in [5.41, 5.74) is 0.980. The first-order valence-electron chi connectivity index (χ1n) is 6.82. The van der Waals surface area contributed by atoms with Crippen molar-refractivity contribution < 1.29 is 9.53 Å². The minimum absolute atomic E-state index is 0.110. The standard InChI is InChI=1S/C14H18N2O2S/c17-14(11-2-1-7-18-8-4-11)16-6-9-19-13-3-5-15-10-12(13)16/h3,5,10-11H,1-2,4,6-9H2. The highest BCUT2D eigenvalue weighted by Gasteiger charge is 2.29. The highest BCUT2D eigenvalue weighted by atomic mass is 32.2. The number of carbonyl (C=O) groups is 1. The van der Waals surface area contributed by atoms with E-state index in [1.807, 2.05) is 17.2 Å². The van der Waals surface area contributed by atoms with Gasteiger partial charge in [0.1, 0.15) is 0 Å². The quantitative estimate of drug-likeness (QED) is 0.791. The summed E-state index contributed by atoms with van der Waals surface area (Å²) in [5, 5.41) is 0. The second kappa shape index (κ2) is 5.92. The normalized spacial score (nSPS) is 23.6. The molecule has 1 aromatic rings. The van der Waals surface area contributed by atoms with Crippen molar-refractivity contribution in [2.75, 3.05) is 30.4 Å². The Labute approximate surface area is 117 Å². The van der Waals surface area contributed by atoms with Crippen LogP contribution in [-0.4, -0.2) is 36.4 Å². The van der Waals surface area contributed by atoms with E-state index in [4.69, 9.17) is 4.74 Å². The molecule has 2 aliphatic rings. The van der Waals surface area contributed by atoms with E-state index in [0.717, 1.165) is 43.9 Å². The number of aromatic nitrogens is 1.